The van der Waals surface area contributed by atoms with Crippen molar-refractivity contribution in [1.82, 2.24) is 4.98 Å². The zero-order valence-electron chi connectivity index (χ0n) is 16.2. The summed E-state index contributed by atoms with van der Waals surface area (Å²) in [6.45, 7) is 3.27. The van der Waals surface area contributed by atoms with Crippen LogP contribution in [-0.2, 0) is 16.0 Å². The van der Waals surface area contributed by atoms with Gasteiger partial charge < -0.3 is 5.32 Å². The van der Waals surface area contributed by atoms with Crippen LogP contribution in [0.5, 0.6) is 0 Å². The van der Waals surface area contributed by atoms with Crippen LogP contribution in [0.2, 0.25) is 10.0 Å². The van der Waals surface area contributed by atoms with Gasteiger partial charge in [0.2, 0.25) is 11.8 Å². The van der Waals surface area contributed by atoms with Gasteiger partial charge in [-0.05, 0) is 42.3 Å². The lowest BCUT2D eigenvalue weighted by molar-refractivity contribution is -0.116. The van der Waals surface area contributed by atoms with Crippen LogP contribution in [0.1, 0.15) is 18.1 Å². The molecule has 0 aliphatic carbocycles. The highest BCUT2D eigenvalue weighted by Crippen LogP contribution is 2.29. The average molecular weight is 446 g/mol. The van der Waals surface area contributed by atoms with Crippen LogP contribution in [0, 0.1) is 12.7 Å². The van der Waals surface area contributed by atoms with Crippen molar-refractivity contribution in [3.8, 4) is 0 Å². The molecule has 0 radical (unpaired) electrons. The Balaban J connectivity index is 1.83. The van der Waals surface area contributed by atoms with Crippen molar-refractivity contribution in [2.75, 3.05) is 10.2 Å². The van der Waals surface area contributed by atoms with E-state index >= 15 is 0 Å². The molecule has 1 aromatic heterocycles. The number of aryl methyl sites for hydroxylation is 1. The molecule has 2 amide bonds. The molecule has 154 valence electrons. The zero-order chi connectivity index (χ0) is 21.8. The summed E-state index contributed by atoms with van der Waals surface area (Å²) < 4.78 is 13.6. The van der Waals surface area contributed by atoms with Gasteiger partial charge in [0, 0.05) is 29.9 Å². The summed E-state index contributed by atoms with van der Waals surface area (Å²) in [5.41, 5.74) is 2.25. The molecule has 2 aromatic carbocycles. The summed E-state index contributed by atoms with van der Waals surface area (Å²) in [5.74, 6) is -0.907. The number of pyridine rings is 1. The maximum Gasteiger partial charge on any atom is 0.229 e. The number of rotatable bonds is 5. The first-order chi connectivity index (χ1) is 14.3. The van der Waals surface area contributed by atoms with Crippen LogP contribution >= 0.6 is 23.2 Å². The Bertz CT molecular complexity index is 1120. The lowest BCUT2D eigenvalue weighted by atomic mass is 10.1. The minimum Gasteiger partial charge on any atom is -0.326 e. The van der Waals surface area contributed by atoms with Gasteiger partial charge in [0.1, 0.15) is 11.6 Å². The maximum absolute atomic E-state index is 13.6. The fraction of sp³-hybridized carbons (Fsp3) is 0.136. The smallest absolute Gasteiger partial charge is 0.229 e. The molecule has 1 heterocycles. The lowest BCUT2D eigenvalue weighted by Gasteiger charge is -2.21. The third kappa shape index (κ3) is 4.96. The van der Waals surface area contributed by atoms with Crippen molar-refractivity contribution < 1.29 is 14.0 Å². The van der Waals surface area contributed by atoms with Crippen LogP contribution < -0.4 is 10.2 Å². The van der Waals surface area contributed by atoms with Crippen molar-refractivity contribution in [2.45, 2.75) is 20.3 Å². The molecule has 0 unspecified atom stereocenters. The summed E-state index contributed by atoms with van der Waals surface area (Å²) in [7, 11) is 0. The molecular formula is C22H18Cl2FN3O2. The second-order valence-electron chi connectivity index (χ2n) is 6.63. The Hall–Kier alpha value is -2.96. The summed E-state index contributed by atoms with van der Waals surface area (Å²) in [6.07, 6.45) is 1.38. The number of anilines is 3. The number of aromatic nitrogens is 1. The van der Waals surface area contributed by atoms with E-state index in [1.165, 1.54) is 30.2 Å². The summed E-state index contributed by atoms with van der Waals surface area (Å²) in [4.78, 5) is 30.3. The molecule has 1 N–H and O–H groups in total. The van der Waals surface area contributed by atoms with Crippen molar-refractivity contribution in [1.29, 1.82) is 0 Å². The van der Waals surface area contributed by atoms with Gasteiger partial charge in [-0.3, -0.25) is 14.5 Å². The second kappa shape index (κ2) is 9.24. The molecule has 8 heteroatoms. The molecule has 3 rings (SSSR count). The number of nitrogens with zero attached hydrogens (tertiary/aromatic N) is 2. The summed E-state index contributed by atoms with van der Waals surface area (Å²) in [6, 6.07) is 12.7. The SMILES string of the molecule is CC(=O)N(c1ccc(C)c(Cl)c1)c1cc(NC(=O)Cc2cccc(F)c2Cl)ccn1. The van der Waals surface area contributed by atoms with Crippen molar-refractivity contribution in [3.63, 3.8) is 0 Å². The molecule has 0 saturated heterocycles. The standard InChI is InChI=1S/C22H18Cl2FN3O2/c1-13-6-7-17(12-18(13)23)28(14(2)29)20-11-16(8-9-26-20)27-21(30)10-15-4-3-5-19(25)22(15)24/h3-9,11-12H,10H2,1-2H3,(H,26,27,30). The van der Waals surface area contributed by atoms with Crippen LogP contribution in [-0.4, -0.2) is 16.8 Å². The third-order valence-electron chi connectivity index (χ3n) is 4.37. The van der Waals surface area contributed by atoms with Crippen molar-refractivity contribution >= 4 is 52.2 Å². The number of carbonyl (C=O) groups is 2. The Kier molecular flexibility index (Phi) is 6.70. The molecular weight excluding hydrogens is 428 g/mol. The van der Waals surface area contributed by atoms with E-state index in [1.807, 2.05) is 13.0 Å². The van der Waals surface area contributed by atoms with Gasteiger partial charge in [0.25, 0.3) is 0 Å². The van der Waals surface area contributed by atoms with E-state index in [9.17, 15) is 14.0 Å². The highest BCUT2D eigenvalue weighted by molar-refractivity contribution is 6.32. The number of carbonyl (C=O) groups excluding carboxylic acids is 2. The Labute approximate surface area is 183 Å². The van der Waals surface area contributed by atoms with Crippen molar-refractivity contribution in [3.05, 3.63) is 81.7 Å². The average Bonchev–Trinajstić information content (AvgIpc) is 2.68. The summed E-state index contributed by atoms with van der Waals surface area (Å²) in [5, 5.41) is 3.16. The van der Waals surface area contributed by atoms with E-state index in [2.05, 4.69) is 10.3 Å². The zero-order valence-corrected chi connectivity index (χ0v) is 17.8. The van der Waals surface area contributed by atoms with E-state index < -0.39 is 5.82 Å². The predicted octanol–water partition coefficient (Wildman–Crippen LogP) is 5.70. The second-order valence-corrected chi connectivity index (χ2v) is 7.41. The van der Waals surface area contributed by atoms with Crippen molar-refractivity contribution in [2.24, 2.45) is 0 Å². The molecule has 0 spiro atoms. The summed E-state index contributed by atoms with van der Waals surface area (Å²) >= 11 is 12.1. The number of benzene rings is 2. The highest BCUT2D eigenvalue weighted by Gasteiger charge is 2.17. The van der Waals surface area contributed by atoms with Gasteiger partial charge in [-0.1, -0.05) is 41.4 Å². The van der Waals surface area contributed by atoms with E-state index in [4.69, 9.17) is 23.2 Å². The molecule has 0 aliphatic rings. The van der Waals surface area contributed by atoms with Gasteiger partial charge in [-0.2, -0.15) is 0 Å². The van der Waals surface area contributed by atoms with Gasteiger partial charge in [0.15, 0.2) is 0 Å². The first kappa shape index (κ1) is 21.7. The molecule has 0 bridgehead atoms. The molecule has 30 heavy (non-hydrogen) atoms. The fourth-order valence-corrected chi connectivity index (χ4v) is 3.25. The number of halogens is 3. The Morgan fingerprint density at radius 1 is 1.13 bits per heavy atom. The van der Waals surface area contributed by atoms with E-state index in [0.29, 0.717) is 27.8 Å². The number of hydrogen-bond donors (Lipinski definition) is 1. The number of nitrogens with one attached hydrogen (secondary N) is 1. The topological polar surface area (TPSA) is 62.3 Å². The third-order valence-corrected chi connectivity index (χ3v) is 5.20. The maximum atomic E-state index is 13.6. The minimum atomic E-state index is -0.581. The molecule has 0 fully saturated rings. The van der Waals surface area contributed by atoms with E-state index in [-0.39, 0.29) is 23.3 Å². The molecule has 0 aliphatic heterocycles. The number of hydrogen-bond acceptors (Lipinski definition) is 3. The minimum absolute atomic E-state index is 0.0814. The van der Waals surface area contributed by atoms with Crippen LogP contribution in [0.15, 0.2) is 54.7 Å². The normalized spacial score (nSPS) is 10.6. The van der Waals surface area contributed by atoms with Gasteiger partial charge in [-0.25, -0.2) is 9.37 Å². The number of amides is 2. The molecule has 0 atom stereocenters. The quantitative estimate of drug-likeness (QED) is 0.547. The van der Waals surface area contributed by atoms with E-state index in [0.717, 1.165) is 5.56 Å². The first-order valence-electron chi connectivity index (χ1n) is 9.02. The molecule has 0 saturated carbocycles. The predicted molar refractivity (Wildman–Crippen MR) is 117 cm³/mol. The fourth-order valence-electron chi connectivity index (χ4n) is 2.88. The lowest BCUT2D eigenvalue weighted by Crippen LogP contribution is -2.24. The Morgan fingerprint density at radius 3 is 2.60 bits per heavy atom. The monoisotopic (exact) mass is 445 g/mol. The van der Waals surface area contributed by atoms with Gasteiger partial charge >= 0.3 is 0 Å². The van der Waals surface area contributed by atoms with Crippen LogP contribution in [0.4, 0.5) is 21.6 Å². The molecule has 3 aromatic rings. The Morgan fingerprint density at radius 2 is 1.90 bits per heavy atom. The van der Waals surface area contributed by atoms with E-state index in [1.54, 1.807) is 30.3 Å². The molecule has 5 nitrogen and oxygen atoms in total. The highest BCUT2D eigenvalue weighted by atomic mass is 35.5. The van der Waals surface area contributed by atoms with Gasteiger partial charge in [-0.15, -0.1) is 0 Å². The largest absolute Gasteiger partial charge is 0.326 e. The first-order valence-corrected chi connectivity index (χ1v) is 9.77. The van der Waals surface area contributed by atoms with Gasteiger partial charge in [0.05, 0.1) is 17.1 Å². The van der Waals surface area contributed by atoms with Crippen LogP contribution in [0.3, 0.4) is 0 Å². The van der Waals surface area contributed by atoms with Crippen LogP contribution in [0.25, 0.3) is 0 Å².